The average molecular weight is 314 g/mol. The molecule has 23 heavy (non-hydrogen) atoms. The Labute approximate surface area is 129 Å². The Bertz CT molecular complexity index is 809. The molecule has 3 rings (SSSR count). The zero-order valence-electron chi connectivity index (χ0n) is 11.6. The number of carbonyl (C=O) groups is 2. The number of furan rings is 1. The lowest BCUT2D eigenvalue weighted by molar-refractivity contribution is -0.384. The van der Waals surface area contributed by atoms with E-state index in [4.69, 9.17) is 4.42 Å². The summed E-state index contributed by atoms with van der Waals surface area (Å²) in [7, 11) is 0. The zero-order chi connectivity index (χ0) is 16.4. The van der Waals surface area contributed by atoms with Gasteiger partial charge in [-0.05, 0) is 23.8 Å². The van der Waals surface area contributed by atoms with E-state index in [0.717, 1.165) is 10.6 Å². The zero-order valence-corrected chi connectivity index (χ0v) is 11.6. The highest BCUT2D eigenvalue weighted by atomic mass is 16.6. The summed E-state index contributed by atoms with van der Waals surface area (Å²) in [6, 6.07) is 7.09. The van der Waals surface area contributed by atoms with Crippen molar-refractivity contribution in [1.82, 2.24) is 10.3 Å². The molecule has 0 unspecified atom stereocenters. The highest BCUT2D eigenvalue weighted by Crippen LogP contribution is 2.24. The van der Waals surface area contributed by atoms with Crippen molar-refractivity contribution in [3.05, 3.63) is 52.5 Å². The summed E-state index contributed by atoms with van der Waals surface area (Å²) in [6.07, 6.45) is 2.78. The van der Waals surface area contributed by atoms with Gasteiger partial charge in [0.2, 0.25) is 5.91 Å². The first kappa shape index (κ1) is 14.4. The quantitative estimate of drug-likeness (QED) is 0.399. The number of carbonyl (C=O) groups excluding carboxylic acids is 2. The number of benzene rings is 1. The summed E-state index contributed by atoms with van der Waals surface area (Å²) in [5.41, 5.74) is 1.46. The Morgan fingerprint density at radius 3 is 2.61 bits per heavy atom. The van der Waals surface area contributed by atoms with Crippen LogP contribution in [0.25, 0.3) is 11.1 Å². The number of rotatable bonds is 4. The van der Waals surface area contributed by atoms with Crippen LogP contribution >= 0.6 is 0 Å². The molecule has 0 atom stereocenters. The summed E-state index contributed by atoms with van der Waals surface area (Å²) < 4.78 is 5.29. The molecule has 3 amide bonds. The van der Waals surface area contributed by atoms with Crippen LogP contribution in [0.4, 0.5) is 10.5 Å². The van der Waals surface area contributed by atoms with Gasteiger partial charge >= 0.3 is 6.03 Å². The molecule has 0 aliphatic carbocycles. The van der Waals surface area contributed by atoms with Crippen molar-refractivity contribution >= 4 is 23.8 Å². The Morgan fingerprint density at radius 1 is 1.26 bits per heavy atom. The van der Waals surface area contributed by atoms with Crippen molar-refractivity contribution in [2.24, 2.45) is 5.10 Å². The highest BCUT2D eigenvalue weighted by molar-refractivity contribution is 6.02. The van der Waals surface area contributed by atoms with Gasteiger partial charge in [0.15, 0.2) is 0 Å². The second-order valence-electron chi connectivity index (χ2n) is 4.70. The van der Waals surface area contributed by atoms with Crippen molar-refractivity contribution in [1.29, 1.82) is 0 Å². The second kappa shape index (κ2) is 5.72. The molecule has 2 aromatic rings. The van der Waals surface area contributed by atoms with Crippen molar-refractivity contribution in [3.8, 4) is 11.1 Å². The normalized spacial score (nSPS) is 14.5. The summed E-state index contributed by atoms with van der Waals surface area (Å²) in [5.74, 6) is -0.0383. The maximum atomic E-state index is 11.3. The van der Waals surface area contributed by atoms with E-state index < -0.39 is 16.9 Å². The van der Waals surface area contributed by atoms with Crippen LogP contribution in [0.5, 0.6) is 0 Å². The minimum atomic E-state index is -0.589. The van der Waals surface area contributed by atoms with Crippen LogP contribution in [-0.4, -0.2) is 34.6 Å². The summed E-state index contributed by atoms with van der Waals surface area (Å²) in [5, 5.41) is 17.6. The first-order valence-corrected chi connectivity index (χ1v) is 6.51. The van der Waals surface area contributed by atoms with E-state index in [1.165, 1.54) is 24.6 Å². The molecule has 1 aromatic carbocycles. The first-order valence-electron chi connectivity index (χ1n) is 6.51. The maximum absolute atomic E-state index is 11.3. The standard InChI is InChI=1S/C14H10N4O5/c19-13-7-17(14(20)16-13)15-6-12-5-10(8-23-12)9-1-3-11(4-2-9)18(21)22/h1-6,8H,7H2,(H,16,19,20)/b15-6+. The fourth-order valence-corrected chi connectivity index (χ4v) is 2.00. The van der Waals surface area contributed by atoms with Gasteiger partial charge in [-0.3, -0.25) is 20.2 Å². The SMILES string of the molecule is O=C1CN(/N=C/c2cc(-c3ccc([N+](=O)[O-])cc3)co2)C(=O)N1. The molecule has 0 saturated carbocycles. The van der Waals surface area contributed by atoms with Crippen LogP contribution in [0.3, 0.4) is 0 Å². The van der Waals surface area contributed by atoms with Crippen molar-refractivity contribution < 1.29 is 18.9 Å². The molecule has 1 aliphatic rings. The fourth-order valence-electron chi connectivity index (χ4n) is 2.00. The van der Waals surface area contributed by atoms with Gasteiger partial charge in [-0.1, -0.05) is 0 Å². The minimum Gasteiger partial charge on any atom is -0.463 e. The van der Waals surface area contributed by atoms with E-state index >= 15 is 0 Å². The lowest BCUT2D eigenvalue weighted by Crippen LogP contribution is -2.24. The number of nitrogens with one attached hydrogen (secondary N) is 1. The molecular formula is C14H10N4O5. The van der Waals surface area contributed by atoms with Gasteiger partial charge in [-0.15, -0.1) is 0 Å². The topological polar surface area (TPSA) is 118 Å². The van der Waals surface area contributed by atoms with Gasteiger partial charge in [-0.25, -0.2) is 9.80 Å². The van der Waals surface area contributed by atoms with Gasteiger partial charge in [0, 0.05) is 17.7 Å². The Morgan fingerprint density at radius 2 is 2.00 bits per heavy atom. The number of nitro benzene ring substituents is 1. The number of hydrogen-bond donors (Lipinski definition) is 1. The van der Waals surface area contributed by atoms with E-state index in [0.29, 0.717) is 11.3 Å². The largest absolute Gasteiger partial charge is 0.463 e. The van der Waals surface area contributed by atoms with Crippen LogP contribution in [0.2, 0.25) is 0 Å². The average Bonchev–Trinajstić information content (AvgIpc) is 3.11. The molecule has 1 N–H and O–H groups in total. The fraction of sp³-hybridized carbons (Fsp3) is 0.0714. The minimum absolute atomic E-state index is 0.00347. The van der Waals surface area contributed by atoms with E-state index in [1.54, 1.807) is 18.2 Å². The van der Waals surface area contributed by atoms with E-state index in [1.807, 2.05) is 0 Å². The lowest BCUT2D eigenvalue weighted by atomic mass is 10.1. The molecule has 0 bridgehead atoms. The number of nitrogens with zero attached hydrogens (tertiary/aromatic N) is 3. The molecule has 116 valence electrons. The van der Waals surface area contributed by atoms with Gasteiger partial charge in [0.25, 0.3) is 5.69 Å². The first-order chi connectivity index (χ1) is 11.0. The second-order valence-corrected chi connectivity index (χ2v) is 4.70. The third-order valence-corrected chi connectivity index (χ3v) is 3.13. The molecule has 1 saturated heterocycles. The molecule has 1 aliphatic heterocycles. The molecular weight excluding hydrogens is 304 g/mol. The molecule has 0 spiro atoms. The van der Waals surface area contributed by atoms with E-state index in [-0.39, 0.29) is 12.2 Å². The predicted octanol–water partition coefficient (Wildman–Crippen LogP) is 1.74. The van der Waals surface area contributed by atoms with Gasteiger partial charge < -0.3 is 4.42 Å². The van der Waals surface area contributed by atoms with Crippen LogP contribution in [0, 0.1) is 10.1 Å². The van der Waals surface area contributed by atoms with Crippen LogP contribution in [0.15, 0.2) is 46.1 Å². The molecule has 2 heterocycles. The van der Waals surface area contributed by atoms with Gasteiger partial charge in [0.05, 0.1) is 17.4 Å². The van der Waals surface area contributed by atoms with E-state index in [9.17, 15) is 19.7 Å². The third-order valence-electron chi connectivity index (χ3n) is 3.13. The van der Waals surface area contributed by atoms with Crippen molar-refractivity contribution in [2.45, 2.75) is 0 Å². The van der Waals surface area contributed by atoms with Crippen LogP contribution in [0.1, 0.15) is 5.76 Å². The predicted molar refractivity (Wildman–Crippen MR) is 78.6 cm³/mol. The number of urea groups is 1. The molecule has 9 nitrogen and oxygen atoms in total. The van der Waals surface area contributed by atoms with Crippen LogP contribution in [-0.2, 0) is 4.79 Å². The third kappa shape index (κ3) is 3.07. The van der Waals surface area contributed by atoms with Gasteiger partial charge in [-0.2, -0.15) is 5.10 Å². The van der Waals surface area contributed by atoms with E-state index in [2.05, 4.69) is 10.4 Å². The Kier molecular flexibility index (Phi) is 3.59. The monoisotopic (exact) mass is 314 g/mol. The number of nitro groups is 1. The number of imide groups is 1. The molecule has 0 radical (unpaired) electrons. The summed E-state index contributed by atoms with van der Waals surface area (Å²) >= 11 is 0. The highest BCUT2D eigenvalue weighted by Gasteiger charge is 2.26. The Balaban J connectivity index is 1.74. The number of amides is 3. The molecule has 1 aromatic heterocycles. The number of hydrogen-bond acceptors (Lipinski definition) is 6. The van der Waals surface area contributed by atoms with Crippen molar-refractivity contribution in [2.75, 3.05) is 6.54 Å². The lowest BCUT2D eigenvalue weighted by Gasteiger charge is -2.02. The number of non-ortho nitro benzene ring substituents is 1. The van der Waals surface area contributed by atoms with Crippen molar-refractivity contribution in [3.63, 3.8) is 0 Å². The molecule has 9 heteroatoms. The summed E-state index contributed by atoms with van der Waals surface area (Å²) in [4.78, 5) is 32.5. The Hall–Kier alpha value is -3.49. The smallest absolute Gasteiger partial charge is 0.344 e. The molecule has 1 fully saturated rings. The maximum Gasteiger partial charge on any atom is 0.344 e. The summed E-state index contributed by atoms with van der Waals surface area (Å²) in [6.45, 7) is -0.134. The van der Waals surface area contributed by atoms with Crippen LogP contribution < -0.4 is 5.32 Å². The van der Waals surface area contributed by atoms with Gasteiger partial charge in [0.1, 0.15) is 12.3 Å². The number of hydrazone groups is 1.